The van der Waals surface area contributed by atoms with Gasteiger partial charge in [-0.2, -0.15) is 8.42 Å². The molecule has 48 heavy (non-hydrogen) atoms. The van der Waals surface area contributed by atoms with Crippen LogP contribution < -0.4 is 20.5 Å². The number of benzene rings is 4. The molecule has 2 aliphatic rings. The van der Waals surface area contributed by atoms with Gasteiger partial charge in [0.15, 0.2) is 0 Å². The molecule has 2 aliphatic carbocycles. The summed E-state index contributed by atoms with van der Waals surface area (Å²) in [5.74, 6) is 1.83. The molecule has 0 unspecified atom stereocenters. The molecule has 0 radical (unpaired) electrons. The summed E-state index contributed by atoms with van der Waals surface area (Å²) in [7, 11) is -1.31. The van der Waals surface area contributed by atoms with Crippen molar-refractivity contribution in [1.82, 2.24) is 0 Å². The molecule has 0 aromatic heterocycles. The minimum atomic E-state index is -4.67. The number of hydrogen-bond acceptors (Lipinski definition) is 5. The summed E-state index contributed by atoms with van der Waals surface area (Å²) < 4.78 is 43.2. The molecule has 262 valence electrons. The van der Waals surface area contributed by atoms with Crippen molar-refractivity contribution in [2.45, 2.75) is 75.5 Å². The van der Waals surface area contributed by atoms with Crippen LogP contribution >= 0.6 is 7.92 Å². The number of nitrogen functional groups attached to an aromatic ring is 1. The van der Waals surface area contributed by atoms with E-state index in [1.165, 1.54) is 69.8 Å². The number of hydrogen-bond donors (Lipinski definition) is 3. The normalized spacial score (nSPS) is 15.2. The second-order valence-corrected chi connectivity index (χ2v) is 15.5. The van der Waals surface area contributed by atoms with Crippen LogP contribution in [0.25, 0.3) is 22.3 Å². The number of anilines is 1. The molecule has 6 rings (SSSR count). The van der Waals surface area contributed by atoms with Crippen molar-refractivity contribution in [3.05, 3.63) is 97.1 Å². The van der Waals surface area contributed by atoms with Crippen LogP contribution in [0.15, 0.2) is 91.0 Å². The van der Waals surface area contributed by atoms with Gasteiger partial charge in [0, 0.05) is 20.4 Å². The van der Waals surface area contributed by atoms with Gasteiger partial charge in [-0.1, -0.05) is 101 Å². The van der Waals surface area contributed by atoms with E-state index in [1.807, 2.05) is 54.6 Å². The zero-order valence-electron chi connectivity index (χ0n) is 27.7. The Labute approximate surface area is 301 Å². The first-order valence-electron chi connectivity index (χ1n) is 16.3. The third kappa shape index (κ3) is 11.7. The average Bonchev–Trinajstić information content (AvgIpc) is 3.09. The summed E-state index contributed by atoms with van der Waals surface area (Å²) in [6, 6.07) is 34.1. The molecule has 2 fully saturated rings. The zero-order valence-corrected chi connectivity index (χ0v) is 30.9. The number of ether oxygens (including phenoxy) is 2. The molecule has 4 N–H and O–H groups in total. The Morgan fingerprint density at radius 3 is 1.65 bits per heavy atom. The van der Waals surface area contributed by atoms with E-state index in [4.69, 9.17) is 32.7 Å². The standard InChI is InChI=1S/C26H35O2P.C12H10N.H2O4S.Pd/c1-27-23-17-11-18-24(28-2)26(23)22-16-9-10-19-25(22)29(20-12-5-3-6-13-20)21-14-7-4-8-15-21;13-12-9-5-4-8-11(12)10-6-2-1-3-7-10;1-5(2,3)4;/h9-11,16-21H,3-8,12-15H2,1-2H3;1-6,8-9H,13H2;(H2,1,2,3,4);/q;-1;;. The Kier molecular flexibility index (Phi) is 16.6. The maximum atomic E-state index is 8.74. The van der Waals surface area contributed by atoms with E-state index in [9.17, 15) is 0 Å². The van der Waals surface area contributed by atoms with Crippen molar-refractivity contribution in [1.29, 1.82) is 0 Å². The molecule has 0 aliphatic heterocycles. The first-order valence-corrected chi connectivity index (χ1v) is 19.2. The van der Waals surface area contributed by atoms with Crippen LogP contribution in [0.4, 0.5) is 5.69 Å². The van der Waals surface area contributed by atoms with Gasteiger partial charge in [-0.3, -0.25) is 9.11 Å². The third-order valence-corrected chi connectivity index (χ3v) is 12.3. The second kappa shape index (κ2) is 20.0. The van der Waals surface area contributed by atoms with E-state index in [-0.39, 0.29) is 28.3 Å². The summed E-state index contributed by atoms with van der Waals surface area (Å²) in [6.07, 6.45) is 14.2. The molecule has 0 atom stereocenters. The van der Waals surface area contributed by atoms with E-state index in [1.54, 1.807) is 19.5 Å². The Balaban J connectivity index is 0.000000272. The van der Waals surface area contributed by atoms with Gasteiger partial charge in [0.1, 0.15) is 11.5 Å². The molecule has 10 heteroatoms. The Morgan fingerprint density at radius 2 is 1.17 bits per heavy atom. The maximum absolute atomic E-state index is 8.74. The van der Waals surface area contributed by atoms with E-state index < -0.39 is 10.4 Å². The minimum absolute atomic E-state index is 0. The van der Waals surface area contributed by atoms with E-state index in [0.29, 0.717) is 0 Å². The van der Waals surface area contributed by atoms with Crippen molar-refractivity contribution in [3.8, 4) is 33.8 Å². The molecule has 0 spiro atoms. The summed E-state index contributed by atoms with van der Waals surface area (Å²) in [6.45, 7) is 0. The van der Waals surface area contributed by atoms with Gasteiger partial charge >= 0.3 is 10.4 Å². The maximum Gasteiger partial charge on any atom is 0.394 e. The topological polar surface area (TPSA) is 119 Å². The molecule has 4 aromatic carbocycles. The number of methoxy groups -OCH3 is 2. The van der Waals surface area contributed by atoms with Crippen LogP contribution in [-0.4, -0.2) is 43.1 Å². The van der Waals surface area contributed by atoms with Crippen molar-refractivity contribution in [3.63, 3.8) is 0 Å². The Hall–Kier alpha value is -2.76. The molecule has 0 heterocycles. The SMILES string of the molecule is COc1cccc(OC)c1-c1ccccc1P(C1CCCCC1)C1CCCCC1.Nc1ccccc1-c1[c-]cccc1.O=S(=O)(O)O.[Pd]. The van der Waals surface area contributed by atoms with Crippen molar-refractivity contribution >= 4 is 29.3 Å². The summed E-state index contributed by atoms with van der Waals surface area (Å²) in [5.41, 5.74) is 12.9. The second-order valence-electron chi connectivity index (χ2n) is 11.9. The predicted molar refractivity (Wildman–Crippen MR) is 195 cm³/mol. The van der Waals surface area contributed by atoms with Crippen LogP contribution in [-0.2, 0) is 30.8 Å². The number of para-hydroxylation sites is 1. The minimum Gasteiger partial charge on any atom is -0.496 e. The van der Waals surface area contributed by atoms with Crippen LogP contribution in [0, 0.1) is 6.07 Å². The van der Waals surface area contributed by atoms with Crippen LogP contribution in [0.5, 0.6) is 11.5 Å². The molecule has 7 nitrogen and oxygen atoms in total. The van der Waals surface area contributed by atoms with E-state index >= 15 is 0 Å². The molecular formula is C38H47NO6PPdS-. The average molecular weight is 783 g/mol. The number of nitrogens with two attached hydrogens (primary N) is 1. The third-order valence-electron chi connectivity index (χ3n) is 8.78. The van der Waals surface area contributed by atoms with Crippen LogP contribution in [0.1, 0.15) is 64.2 Å². The van der Waals surface area contributed by atoms with Gasteiger partial charge in [-0.15, -0.1) is 35.9 Å². The summed E-state index contributed by atoms with van der Waals surface area (Å²) >= 11 is 0. The monoisotopic (exact) mass is 782 g/mol. The Morgan fingerprint density at radius 1 is 0.688 bits per heavy atom. The van der Waals surface area contributed by atoms with E-state index in [0.717, 1.165) is 45.2 Å². The fraction of sp³-hybridized carbons (Fsp3) is 0.368. The van der Waals surface area contributed by atoms with Gasteiger partial charge in [-0.05, 0) is 71.8 Å². The van der Waals surface area contributed by atoms with Gasteiger partial charge in [0.05, 0.1) is 19.8 Å². The fourth-order valence-electron chi connectivity index (χ4n) is 6.74. The largest absolute Gasteiger partial charge is 0.496 e. The first kappa shape index (κ1) is 39.7. The quantitative estimate of drug-likeness (QED) is 0.0563. The molecule has 2 saturated carbocycles. The first-order chi connectivity index (χ1) is 22.7. The molecule has 4 aromatic rings. The predicted octanol–water partition coefficient (Wildman–Crippen LogP) is 9.22. The fourth-order valence-corrected chi connectivity index (χ4v) is 10.7. The van der Waals surface area contributed by atoms with Gasteiger partial charge in [-0.25, -0.2) is 0 Å². The van der Waals surface area contributed by atoms with Crippen LogP contribution in [0.2, 0.25) is 0 Å². The molecule has 0 bridgehead atoms. The van der Waals surface area contributed by atoms with Crippen molar-refractivity contribution in [2.24, 2.45) is 0 Å². The smallest absolute Gasteiger partial charge is 0.394 e. The van der Waals surface area contributed by atoms with Crippen molar-refractivity contribution in [2.75, 3.05) is 20.0 Å². The van der Waals surface area contributed by atoms with Gasteiger partial charge < -0.3 is 15.2 Å². The molecular weight excluding hydrogens is 736 g/mol. The summed E-state index contributed by atoms with van der Waals surface area (Å²) in [5, 5.41) is 1.59. The Bertz CT molecular complexity index is 1600. The summed E-state index contributed by atoms with van der Waals surface area (Å²) in [4.78, 5) is 0. The zero-order chi connectivity index (χ0) is 33.6. The van der Waals surface area contributed by atoms with E-state index in [2.05, 4.69) is 42.5 Å². The van der Waals surface area contributed by atoms with Crippen LogP contribution in [0.3, 0.4) is 0 Å². The van der Waals surface area contributed by atoms with Gasteiger partial charge in [0.25, 0.3) is 0 Å². The number of rotatable bonds is 7. The van der Waals surface area contributed by atoms with Crippen molar-refractivity contribution < 1.29 is 47.4 Å². The molecule has 0 saturated heterocycles. The molecule has 0 amide bonds. The van der Waals surface area contributed by atoms with Gasteiger partial charge in [0.2, 0.25) is 0 Å².